The molecule has 0 aromatic heterocycles. The van der Waals surface area contributed by atoms with E-state index in [1.165, 1.54) is 0 Å². The van der Waals surface area contributed by atoms with Crippen LogP contribution in [0.3, 0.4) is 0 Å². The minimum atomic E-state index is -0.136. The van der Waals surface area contributed by atoms with Crippen molar-refractivity contribution >= 4 is 17.5 Å². The molecule has 0 bridgehead atoms. The van der Waals surface area contributed by atoms with Crippen molar-refractivity contribution in [2.45, 2.75) is 26.0 Å². The maximum Gasteiger partial charge on any atom is 0.255 e. The van der Waals surface area contributed by atoms with Crippen molar-refractivity contribution in [1.82, 2.24) is 10.2 Å². The number of amides is 1. The molecule has 1 heterocycles. The molecular formula is C22H27ClN2O3. The minimum Gasteiger partial charge on any atom is -0.490 e. The number of morpholine rings is 1. The van der Waals surface area contributed by atoms with Crippen LogP contribution in [-0.4, -0.2) is 49.8 Å². The molecule has 1 fully saturated rings. The molecule has 3 rings (SSSR count). The normalized spacial score (nSPS) is 16.0. The van der Waals surface area contributed by atoms with Crippen LogP contribution in [0.25, 0.3) is 0 Å². The van der Waals surface area contributed by atoms with E-state index in [9.17, 15) is 4.79 Å². The first-order chi connectivity index (χ1) is 13.5. The molecule has 0 aliphatic carbocycles. The van der Waals surface area contributed by atoms with Gasteiger partial charge in [-0.05, 0) is 43.7 Å². The molecule has 1 aliphatic rings. The van der Waals surface area contributed by atoms with Gasteiger partial charge in [0.1, 0.15) is 5.75 Å². The molecule has 1 saturated heterocycles. The van der Waals surface area contributed by atoms with Crippen LogP contribution in [0, 0.1) is 0 Å². The first-order valence-corrected chi connectivity index (χ1v) is 10.0. The van der Waals surface area contributed by atoms with E-state index >= 15 is 0 Å². The highest BCUT2D eigenvalue weighted by Gasteiger charge is 2.24. The number of rotatable bonds is 7. The smallest absolute Gasteiger partial charge is 0.255 e. The van der Waals surface area contributed by atoms with Crippen LogP contribution in [0.5, 0.6) is 5.75 Å². The lowest BCUT2D eigenvalue weighted by Crippen LogP contribution is -2.43. The van der Waals surface area contributed by atoms with Crippen molar-refractivity contribution in [1.29, 1.82) is 0 Å². The van der Waals surface area contributed by atoms with Crippen molar-refractivity contribution < 1.29 is 14.3 Å². The molecule has 1 unspecified atom stereocenters. The fraction of sp³-hybridized carbons (Fsp3) is 0.409. The SMILES string of the molecule is CC(C)Oc1ccccc1C(=O)NCC(c1ccc(Cl)cc1)N1CCOCC1. The van der Waals surface area contributed by atoms with Gasteiger partial charge in [-0.3, -0.25) is 9.69 Å². The summed E-state index contributed by atoms with van der Waals surface area (Å²) in [5.74, 6) is 0.466. The third-order valence-electron chi connectivity index (χ3n) is 4.69. The average Bonchev–Trinajstić information content (AvgIpc) is 2.70. The molecule has 1 atom stereocenters. The topological polar surface area (TPSA) is 50.8 Å². The van der Waals surface area contributed by atoms with Crippen LogP contribution in [0.4, 0.5) is 0 Å². The van der Waals surface area contributed by atoms with Gasteiger partial charge in [0.05, 0.1) is 30.9 Å². The lowest BCUT2D eigenvalue weighted by molar-refractivity contribution is 0.0162. The Morgan fingerprint density at radius 2 is 1.82 bits per heavy atom. The molecule has 0 spiro atoms. The molecule has 5 nitrogen and oxygen atoms in total. The minimum absolute atomic E-state index is 0.00381. The highest BCUT2D eigenvalue weighted by Crippen LogP contribution is 2.24. The highest BCUT2D eigenvalue weighted by molar-refractivity contribution is 6.30. The maximum atomic E-state index is 12.9. The number of hydrogen-bond acceptors (Lipinski definition) is 4. The third-order valence-corrected chi connectivity index (χ3v) is 4.94. The fourth-order valence-electron chi connectivity index (χ4n) is 3.33. The first-order valence-electron chi connectivity index (χ1n) is 9.65. The van der Waals surface area contributed by atoms with Crippen molar-refractivity contribution in [3.8, 4) is 5.75 Å². The molecule has 6 heteroatoms. The van der Waals surface area contributed by atoms with Gasteiger partial charge in [-0.1, -0.05) is 35.9 Å². The molecule has 28 heavy (non-hydrogen) atoms. The summed E-state index contributed by atoms with van der Waals surface area (Å²) in [5.41, 5.74) is 1.67. The molecule has 0 radical (unpaired) electrons. The van der Waals surface area contributed by atoms with E-state index in [0.29, 0.717) is 36.1 Å². The van der Waals surface area contributed by atoms with Gasteiger partial charge in [0.15, 0.2) is 0 Å². The second kappa shape index (κ2) is 9.92. The van der Waals surface area contributed by atoms with E-state index in [4.69, 9.17) is 21.1 Å². The van der Waals surface area contributed by atoms with Gasteiger partial charge in [-0.2, -0.15) is 0 Å². The van der Waals surface area contributed by atoms with Crippen molar-refractivity contribution in [2.24, 2.45) is 0 Å². The summed E-state index contributed by atoms with van der Waals surface area (Å²) in [4.78, 5) is 15.2. The Kier molecular flexibility index (Phi) is 7.31. The summed E-state index contributed by atoms with van der Waals surface area (Å²) >= 11 is 6.05. The van der Waals surface area contributed by atoms with Crippen molar-refractivity contribution in [3.63, 3.8) is 0 Å². The largest absolute Gasteiger partial charge is 0.490 e. The second-order valence-electron chi connectivity index (χ2n) is 7.09. The van der Waals surface area contributed by atoms with Crippen LogP contribution in [0.2, 0.25) is 5.02 Å². The monoisotopic (exact) mass is 402 g/mol. The van der Waals surface area contributed by atoms with Gasteiger partial charge in [0, 0.05) is 24.7 Å². The van der Waals surface area contributed by atoms with Crippen LogP contribution in [0.15, 0.2) is 48.5 Å². The Morgan fingerprint density at radius 3 is 2.50 bits per heavy atom. The molecule has 1 N–H and O–H groups in total. The van der Waals surface area contributed by atoms with E-state index in [1.54, 1.807) is 6.07 Å². The zero-order valence-corrected chi connectivity index (χ0v) is 17.1. The van der Waals surface area contributed by atoms with Gasteiger partial charge in [0.25, 0.3) is 5.91 Å². The zero-order valence-electron chi connectivity index (χ0n) is 16.4. The Bertz CT molecular complexity index is 774. The quantitative estimate of drug-likeness (QED) is 0.762. The predicted octanol–water partition coefficient (Wildman–Crippen LogP) is 3.93. The predicted molar refractivity (Wildman–Crippen MR) is 111 cm³/mol. The molecule has 0 saturated carbocycles. The van der Waals surface area contributed by atoms with Gasteiger partial charge >= 0.3 is 0 Å². The molecule has 1 aliphatic heterocycles. The number of nitrogens with zero attached hydrogens (tertiary/aromatic N) is 1. The lowest BCUT2D eigenvalue weighted by Gasteiger charge is -2.35. The van der Waals surface area contributed by atoms with Crippen molar-refractivity contribution in [3.05, 3.63) is 64.7 Å². The summed E-state index contributed by atoms with van der Waals surface area (Å²) in [6.07, 6.45) is 0.00381. The molecule has 1 amide bonds. The Hall–Kier alpha value is -2.08. The number of carbonyl (C=O) groups is 1. The molecule has 2 aromatic carbocycles. The summed E-state index contributed by atoms with van der Waals surface area (Å²) in [5, 5.41) is 3.79. The van der Waals surface area contributed by atoms with Crippen LogP contribution in [0.1, 0.15) is 35.8 Å². The number of para-hydroxylation sites is 1. The Morgan fingerprint density at radius 1 is 1.14 bits per heavy atom. The van der Waals surface area contributed by atoms with Crippen LogP contribution < -0.4 is 10.1 Å². The highest BCUT2D eigenvalue weighted by atomic mass is 35.5. The van der Waals surface area contributed by atoms with E-state index in [0.717, 1.165) is 18.7 Å². The van der Waals surface area contributed by atoms with Gasteiger partial charge in [-0.25, -0.2) is 0 Å². The molecular weight excluding hydrogens is 376 g/mol. The van der Waals surface area contributed by atoms with Crippen LogP contribution in [-0.2, 0) is 4.74 Å². The van der Waals surface area contributed by atoms with Gasteiger partial charge in [0.2, 0.25) is 0 Å². The summed E-state index contributed by atoms with van der Waals surface area (Å²) in [6, 6.07) is 15.2. The third kappa shape index (κ3) is 5.47. The number of carbonyl (C=O) groups excluding carboxylic acids is 1. The van der Waals surface area contributed by atoms with E-state index in [-0.39, 0.29) is 18.1 Å². The van der Waals surface area contributed by atoms with E-state index in [2.05, 4.69) is 10.2 Å². The van der Waals surface area contributed by atoms with Gasteiger partial charge < -0.3 is 14.8 Å². The second-order valence-corrected chi connectivity index (χ2v) is 7.52. The summed E-state index contributed by atoms with van der Waals surface area (Å²) < 4.78 is 11.3. The maximum absolute atomic E-state index is 12.9. The van der Waals surface area contributed by atoms with E-state index in [1.807, 2.05) is 56.3 Å². The lowest BCUT2D eigenvalue weighted by atomic mass is 10.0. The van der Waals surface area contributed by atoms with Crippen molar-refractivity contribution in [2.75, 3.05) is 32.8 Å². The van der Waals surface area contributed by atoms with Crippen LogP contribution >= 0.6 is 11.6 Å². The standard InChI is InChI=1S/C22H27ClN2O3/c1-16(2)28-21-6-4-3-5-19(21)22(26)24-15-20(25-11-13-27-14-12-25)17-7-9-18(23)10-8-17/h3-10,16,20H,11-15H2,1-2H3,(H,24,26). The average molecular weight is 403 g/mol. The Labute approximate surface area is 171 Å². The fourth-order valence-corrected chi connectivity index (χ4v) is 3.45. The number of nitrogens with one attached hydrogen (secondary N) is 1. The van der Waals surface area contributed by atoms with E-state index < -0.39 is 0 Å². The number of benzene rings is 2. The van der Waals surface area contributed by atoms with Gasteiger partial charge in [-0.15, -0.1) is 0 Å². The molecule has 2 aromatic rings. The first kappa shape index (κ1) is 20.6. The summed E-state index contributed by atoms with van der Waals surface area (Å²) in [6.45, 7) is 7.45. The zero-order chi connectivity index (χ0) is 19.9. The molecule has 150 valence electrons. The number of ether oxygens (including phenoxy) is 2. The summed E-state index contributed by atoms with van der Waals surface area (Å²) in [7, 11) is 0. The number of hydrogen-bond donors (Lipinski definition) is 1. The number of halogens is 1. The Balaban J connectivity index is 1.74.